The predicted molar refractivity (Wildman–Crippen MR) is 70.1 cm³/mol. The molecule has 94 valence electrons. The van der Waals surface area contributed by atoms with Crippen LogP contribution in [0.4, 0.5) is 0 Å². The van der Waals surface area contributed by atoms with Gasteiger partial charge in [0.2, 0.25) is 0 Å². The van der Waals surface area contributed by atoms with Crippen LogP contribution in [-0.2, 0) is 11.3 Å². The summed E-state index contributed by atoms with van der Waals surface area (Å²) in [5.74, 6) is 0. The maximum atomic E-state index is 5.42. The van der Waals surface area contributed by atoms with Crippen LogP contribution in [-0.4, -0.2) is 32.3 Å². The van der Waals surface area contributed by atoms with Gasteiger partial charge in [-0.1, -0.05) is 29.8 Å². The van der Waals surface area contributed by atoms with E-state index in [9.17, 15) is 0 Å². The molecule has 1 aliphatic heterocycles. The number of aryl methyl sites for hydroxylation is 1. The van der Waals surface area contributed by atoms with Crippen molar-refractivity contribution in [1.29, 1.82) is 0 Å². The average molecular weight is 234 g/mol. The first kappa shape index (κ1) is 12.6. The van der Waals surface area contributed by atoms with Gasteiger partial charge < -0.3 is 15.4 Å². The predicted octanol–water partition coefficient (Wildman–Crippen LogP) is 1.46. The molecule has 3 nitrogen and oxygen atoms in total. The summed E-state index contributed by atoms with van der Waals surface area (Å²) in [4.78, 5) is 0. The Morgan fingerprint density at radius 3 is 2.88 bits per heavy atom. The van der Waals surface area contributed by atoms with Crippen LogP contribution in [0.2, 0.25) is 0 Å². The van der Waals surface area contributed by atoms with Crippen LogP contribution in [0, 0.1) is 6.92 Å². The first-order valence-electron chi connectivity index (χ1n) is 6.42. The zero-order valence-electron chi connectivity index (χ0n) is 10.5. The Bertz CT molecular complexity index is 317. The molecule has 1 saturated heterocycles. The van der Waals surface area contributed by atoms with Crippen LogP contribution in [0.3, 0.4) is 0 Å². The summed E-state index contributed by atoms with van der Waals surface area (Å²) in [6.07, 6.45) is 1.13. The largest absolute Gasteiger partial charge is 0.379 e. The lowest BCUT2D eigenvalue weighted by molar-refractivity contribution is 0.0742. The minimum atomic E-state index is 0.522. The molecule has 2 N–H and O–H groups in total. The Balaban J connectivity index is 1.60. The third-order valence-electron chi connectivity index (χ3n) is 3.12. The maximum Gasteiger partial charge on any atom is 0.0620 e. The van der Waals surface area contributed by atoms with Crippen LogP contribution in [0.1, 0.15) is 17.5 Å². The van der Waals surface area contributed by atoms with Crippen molar-refractivity contribution in [2.24, 2.45) is 0 Å². The van der Waals surface area contributed by atoms with E-state index < -0.39 is 0 Å². The Hall–Kier alpha value is -0.900. The zero-order chi connectivity index (χ0) is 11.9. The highest BCUT2D eigenvalue weighted by molar-refractivity contribution is 5.20. The first-order valence-corrected chi connectivity index (χ1v) is 6.42. The Morgan fingerprint density at radius 2 is 2.18 bits per heavy atom. The topological polar surface area (TPSA) is 33.3 Å². The lowest BCUT2D eigenvalue weighted by atomic mass is 10.1. The van der Waals surface area contributed by atoms with Crippen LogP contribution in [0.5, 0.6) is 0 Å². The molecule has 0 aromatic heterocycles. The minimum Gasteiger partial charge on any atom is -0.379 e. The van der Waals surface area contributed by atoms with Crippen LogP contribution < -0.4 is 10.6 Å². The number of ether oxygens (including phenoxy) is 1. The quantitative estimate of drug-likeness (QED) is 0.757. The van der Waals surface area contributed by atoms with Gasteiger partial charge in [-0.05, 0) is 25.5 Å². The molecule has 0 saturated carbocycles. The lowest BCUT2D eigenvalue weighted by Crippen LogP contribution is -2.42. The second kappa shape index (κ2) is 6.74. The molecule has 1 aliphatic rings. The van der Waals surface area contributed by atoms with E-state index in [1.165, 1.54) is 11.1 Å². The lowest BCUT2D eigenvalue weighted by Gasteiger charge is -2.23. The van der Waals surface area contributed by atoms with Gasteiger partial charge in [0, 0.05) is 19.1 Å². The van der Waals surface area contributed by atoms with Crippen molar-refractivity contribution in [3.63, 3.8) is 0 Å². The third-order valence-corrected chi connectivity index (χ3v) is 3.12. The molecule has 0 bridgehead atoms. The van der Waals surface area contributed by atoms with Gasteiger partial charge in [0.1, 0.15) is 0 Å². The van der Waals surface area contributed by atoms with Crippen molar-refractivity contribution >= 4 is 0 Å². The van der Waals surface area contributed by atoms with E-state index in [4.69, 9.17) is 4.74 Å². The smallest absolute Gasteiger partial charge is 0.0620 e. The van der Waals surface area contributed by atoms with Crippen molar-refractivity contribution in [3.8, 4) is 0 Å². The molecule has 0 aliphatic carbocycles. The van der Waals surface area contributed by atoms with Gasteiger partial charge in [-0.3, -0.25) is 0 Å². The van der Waals surface area contributed by atoms with Crippen LogP contribution in [0.25, 0.3) is 0 Å². The van der Waals surface area contributed by atoms with E-state index in [-0.39, 0.29) is 0 Å². The highest BCUT2D eigenvalue weighted by Crippen LogP contribution is 2.03. The zero-order valence-corrected chi connectivity index (χ0v) is 10.5. The van der Waals surface area contributed by atoms with E-state index in [0.29, 0.717) is 6.04 Å². The van der Waals surface area contributed by atoms with Crippen LogP contribution >= 0.6 is 0 Å². The molecule has 0 radical (unpaired) electrons. The number of hydrogen-bond acceptors (Lipinski definition) is 3. The van der Waals surface area contributed by atoms with Gasteiger partial charge in [0.05, 0.1) is 13.2 Å². The number of morpholine rings is 1. The van der Waals surface area contributed by atoms with E-state index >= 15 is 0 Å². The third kappa shape index (κ3) is 4.46. The van der Waals surface area contributed by atoms with Gasteiger partial charge in [0.25, 0.3) is 0 Å². The molecule has 17 heavy (non-hydrogen) atoms. The molecule has 1 fully saturated rings. The van der Waals surface area contributed by atoms with E-state index in [1.54, 1.807) is 0 Å². The molecule has 1 aromatic carbocycles. The molecular formula is C14H22N2O. The van der Waals surface area contributed by atoms with E-state index in [0.717, 1.165) is 39.3 Å². The van der Waals surface area contributed by atoms with Crippen LogP contribution in [0.15, 0.2) is 24.3 Å². The summed E-state index contributed by atoms with van der Waals surface area (Å²) in [6.45, 7) is 6.80. The summed E-state index contributed by atoms with van der Waals surface area (Å²) in [7, 11) is 0. The molecule has 1 aromatic rings. The van der Waals surface area contributed by atoms with E-state index in [2.05, 4.69) is 41.8 Å². The van der Waals surface area contributed by atoms with Crippen molar-refractivity contribution in [1.82, 2.24) is 10.6 Å². The minimum absolute atomic E-state index is 0.522. The Kier molecular flexibility index (Phi) is 4.98. The summed E-state index contributed by atoms with van der Waals surface area (Å²) in [5.41, 5.74) is 2.67. The first-order chi connectivity index (χ1) is 8.34. The fourth-order valence-electron chi connectivity index (χ4n) is 2.02. The number of rotatable bonds is 5. The van der Waals surface area contributed by atoms with E-state index in [1.807, 2.05) is 0 Å². The van der Waals surface area contributed by atoms with Crippen molar-refractivity contribution < 1.29 is 4.74 Å². The molecule has 1 unspecified atom stereocenters. The maximum absolute atomic E-state index is 5.42. The molecule has 1 heterocycles. The molecular weight excluding hydrogens is 212 g/mol. The Morgan fingerprint density at radius 1 is 1.35 bits per heavy atom. The summed E-state index contributed by atoms with van der Waals surface area (Å²) in [6, 6.07) is 9.21. The normalized spacial score (nSPS) is 20.4. The summed E-state index contributed by atoms with van der Waals surface area (Å²) < 4.78 is 5.42. The standard InChI is InChI=1S/C14H22N2O/c1-12-2-4-13(5-3-12)10-15-7-6-14-11-17-9-8-16-14/h2-5,14-16H,6-11H2,1H3. The fourth-order valence-corrected chi connectivity index (χ4v) is 2.02. The number of hydrogen-bond donors (Lipinski definition) is 2. The fraction of sp³-hybridized carbons (Fsp3) is 0.571. The number of nitrogens with one attached hydrogen (secondary N) is 2. The average Bonchev–Trinajstić information content (AvgIpc) is 2.38. The monoisotopic (exact) mass is 234 g/mol. The number of benzene rings is 1. The van der Waals surface area contributed by atoms with Crippen molar-refractivity contribution in [2.75, 3.05) is 26.3 Å². The Labute approximate surface area is 104 Å². The molecule has 1 atom stereocenters. The molecule has 0 amide bonds. The molecule has 0 spiro atoms. The van der Waals surface area contributed by atoms with Crippen molar-refractivity contribution in [2.45, 2.75) is 25.9 Å². The van der Waals surface area contributed by atoms with Crippen molar-refractivity contribution in [3.05, 3.63) is 35.4 Å². The second-order valence-electron chi connectivity index (χ2n) is 4.68. The van der Waals surface area contributed by atoms with Gasteiger partial charge in [0.15, 0.2) is 0 Å². The summed E-state index contributed by atoms with van der Waals surface area (Å²) >= 11 is 0. The molecule has 2 rings (SSSR count). The van der Waals surface area contributed by atoms with Gasteiger partial charge in [-0.15, -0.1) is 0 Å². The van der Waals surface area contributed by atoms with Gasteiger partial charge in [-0.2, -0.15) is 0 Å². The molecule has 3 heteroatoms. The van der Waals surface area contributed by atoms with Gasteiger partial charge in [-0.25, -0.2) is 0 Å². The highest BCUT2D eigenvalue weighted by Gasteiger charge is 2.11. The second-order valence-corrected chi connectivity index (χ2v) is 4.68. The van der Waals surface area contributed by atoms with Gasteiger partial charge >= 0.3 is 0 Å². The SMILES string of the molecule is Cc1ccc(CNCCC2COCCN2)cc1. The summed E-state index contributed by atoms with van der Waals surface area (Å²) in [5, 5.41) is 6.93. The highest BCUT2D eigenvalue weighted by atomic mass is 16.5.